The Balaban J connectivity index is 1.73. The Kier molecular flexibility index (Phi) is 2.64. The van der Waals surface area contributed by atoms with Crippen LogP contribution in [0.2, 0.25) is 0 Å². The van der Waals surface area contributed by atoms with Crippen molar-refractivity contribution in [2.24, 2.45) is 0 Å². The van der Waals surface area contributed by atoms with Gasteiger partial charge in [-0.1, -0.05) is 0 Å². The molecule has 3 rings (SSSR count). The fraction of sp³-hybridized carbons (Fsp3) is 0.833. The second kappa shape index (κ2) is 3.87. The number of amides is 2. The molecule has 2 saturated heterocycles. The minimum atomic E-state index is -0.399. The van der Waals surface area contributed by atoms with E-state index in [1.807, 2.05) is 6.92 Å². The van der Waals surface area contributed by atoms with Gasteiger partial charge in [-0.25, -0.2) is 0 Å². The number of aliphatic hydroxyl groups excluding tert-OH is 1. The Hall–Kier alpha value is -0.750. The Morgan fingerprint density at radius 1 is 1.56 bits per heavy atom. The molecule has 100 valence electrons. The maximum atomic E-state index is 12.3. The molecular formula is C12H18N2O3S. The number of rotatable bonds is 3. The second-order valence-electron chi connectivity index (χ2n) is 5.69. The number of carbonyl (C=O) groups excluding carboxylic acids is 2. The van der Waals surface area contributed by atoms with Gasteiger partial charge in [0.1, 0.15) is 6.04 Å². The normalized spacial score (nSPS) is 36.7. The summed E-state index contributed by atoms with van der Waals surface area (Å²) in [4.78, 5) is 25.7. The van der Waals surface area contributed by atoms with E-state index < -0.39 is 5.54 Å². The summed E-state index contributed by atoms with van der Waals surface area (Å²) >= 11 is 1.69. The van der Waals surface area contributed by atoms with Gasteiger partial charge in [-0.2, -0.15) is 0 Å². The van der Waals surface area contributed by atoms with Gasteiger partial charge in [0.05, 0.1) is 17.0 Å². The molecule has 3 fully saturated rings. The van der Waals surface area contributed by atoms with Crippen molar-refractivity contribution in [1.82, 2.24) is 10.2 Å². The van der Waals surface area contributed by atoms with Crippen LogP contribution in [0.3, 0.4) is 0 Å². The van der Waals surface area contributed by atoms with Gasteiger partial charge in [0.2, 0.25) is 11.8 Å². The van der Waals surface area contributed by atoms with Crippen LogP contribution >= 0.6 is 11.8 Å². The predicted octanol–water partition coefficient (Wildman–Crippen LogP) is 0.0815. The third kappa shape index (κ3) is 1.73. The van der Waals surface area contributed by atoms with Gasteiger partial charge in [0.25, 0.3) is 0 Å². The van der Waals surface area contributed by atoms with Crippen LogP contribution in [0.1, 0.15) is 32.6 Å². The fourth-order valence-corrected chi connectivity index (χ4v) is 4.26. The van der Waals surface area contributed by atoms with Crippen molar-refractivity contribution >= 4 is 23.6 Å². The molecule has 2 atom stereocenters. The minimum absolute atomic E-state index is 0.0101. The molecule has 5 nitrogen and oxygen atoms in total. The van der Waals surface area contributed by atoms with Crippen molar-refractivity contribution in [2.45, 2.75) is 49.1 Å². The molecule has 2 unspecified atom stereocenters. The number of carbonyl (C=O) groups is 2. The first-order valence-corrected chi connectivity index (χ1v) is 7.37. The molecule has 0 radical (unpaired) electrons. The minimum Gasteiger partial charge on any atom is -0.394 e. The van der Waals surface area contributed by atoms with E-state index in [-0.39, 0.29) is 29.3 Å². The van der Waals surface area contributed by atoms with Gasteiger partial charge in [0, 0.05) is 12.2 Å². The van der Waals surface area contributed by atoms with Crippen molar-refractivity contribution in [3.63, 3.8) is 0 Å². The Morgan fingerprint density at radius 2 is 2.28 bits per heavy atom. The van der Waals surface area contributed by atoms with Gasteiger partial charge in [0.15, 0.2) is 0 Å². The molecule has 18 heavy (non-hydrogen) atoms. The molecule has 0 aromatic heterocycles. The van der Waals surface area contributed by atoms with Crippen molar-refractivity contribution in [3.8, 4) is 0 Å². The summed E-state index contributed by atoms with van der Waals surface area (Å²) in [6.45, 7) is 2.03. The van der Waals surface area contributed by atoms with Crippen LogP contribution in [-0.4, -0.2) is 50.6 Å². The van der Waals surface area contributed by atoms with E-state index in [2.05, 4.69) is 5.32 Å². The Morgan fingerprint density at radius 3 is 2.89 bits per heavy atom. The molecule has 3 aliphatic rings. The van der Waals surface area contributed by atoms with Crippen LogP contribution in [0.15, 0.2) is 0 Å². The molecule has 1 saturated carbocycles. The zero-order valence-electron chi connectivity index (χ0n) is 10.4. The summed E-state index contributed by atoms with van der Waals surface area (Å²) < 4.78 is 0. The first-order chi connectivity index (χ1) is 8.50. The van der Waals surface area contributed by atoms with Crippen molar-refractivity contribution < 1.29 is 14.7 Å². The molecule has 2 N–H and O–H groups in total. The molecule has 0 aromatic rings. The summed E-state index contributed by atoms with van der Waals surface area (Å²) in [5.74, 6) is 0.639. The standard InChI is InChI=1S/C12H18N2O3S/c1-11-3-2-9(16)14(11)8(6-18-11)10(17)13-12(7-15)4-5-12/h8,15H,2-7H2,1H3,(H,13,17). The van der Waals surface area contributed by atoms with Crippen LogP contribution in [0, 0.1) is 0 Å². The summed E-state index contributed by atoms with van der Waals surface area (Å²) in [5, 5.41) is 12.2. The lowest BCUT2D eigenvalue weighted by Gasteiger charge is -2.30. The van der Waals surface area contributed by atoms with E-state index in [0.717, 1.165) is 19.3 Å². The van der Waals surface area contributed by atoms with Crippen LogP contribution in [0.4, 0.5) is 0 Å². The SMILES string of the molecule is CC12CCC(=O)N1C(C(=O)NC1(CO)CC1)CS2. The predicted molar refractivity (Wildman–Crippen MR) is 67.9 cm³/mol. The highest BCUT2D eigenvalue weighted by atomic mass is 32.2. The number of nitrogens with zero attached hydrogens (tertiary/aromatic N) is 1. The molecule has 0 aromatic carbocycles. The van der Waals surface area contributed by atoms with Crippen LogP contribution < -0.4 is 5.32 Å². The number of aliphatic hydroxyl groups is 1. The number of hydrogen-bond acceptors (Lipinski definition) is 4. The van der Waals surface area contributed by atoms with Crippen molar-refractivity contribution in [3.05, 3.63) is 0 Å². The lowest BCUT2D eigenvalue weighted by molar-refractivity contribution is -0.138. The first-order valence-electron chi connectivity index (χ1n) is 6.39. The highest BCUT2D eigenvalue weighted by molar-refractivity contribution is 8.01. The monoisotopic (exact) mass is 270 g/mol. The van der Waals surface area contributed by atoms with Crippen molar-refractivity contribution in [2.75, 3.05) is 12.4 Å². The van der Waals surface area contributed by atoms with E-state index in [4.69, 9.17) is 0 Å². The maximum absolute atomic E-state index is 12.3. The Labute approximate surface area is 110 Å². The summed E-state index contributed by atoms with van der Waals surface area (Å²) in [7, 11) is 0. The zero-order chi connectivity index (χ0) is 13.0. The van der Waals surface area contributed by atoms with E-state index in [9.17, 15) is 14.7 Å². The zero-order valence-corrected chi connectivity index (χ0v) is 11.3. The molecule has 1 aliphatic carbocycles. The molecule has 0 spiro atoms. The molecule has 0 bridgehead atoms. The average Bonchev–Trinajstić information content (AvgIpc) is 2.93. The third-order valence-corrected chi connectivity index (χ3v) is 5.80. The van der Waals surface area contributed by atoms with Crippen molar-refractivity contribution in [1.29, 1.82) is 0 Å². The van der Waals surface area contributed by atoms with Crippen LogP contribution in [0.5, 0.6) is 0 Å². The third-order valence-electron chi connectivity index (χ3n) is 4.29. The van der Waals surface area contributed by atoms with E-state index in [1.165, 1.54) is 0 Å². The lowest BCUT2D eigenvalue weighted by atomic mass is 10.2. The number of hydrogen-bond donors (Lipinski definition) is 2. The smallest absolute Gasteiger partial charge is 0.244 e. The molecule has 2 heterocycles. The Bertz CT molecular complexity index is 410. The van der Waals surface area contributed by atoms with E-state index in [1.54, 1.807) is 16.7 Å². The van der Waals surface area contributed by atoms with Gasteiger partial charge in [-0.05, 0) is 26.2 Å². The van der Waals surface area contributed by atoms with Gasteiger partial charge in [-0.3, -0.25) is 9.59 Å². The highest BCUT2D eigenvalue weighted by Crippen LogP contribution is 2.47. The fourth-order valence-electron chi connectivity index (χ4n) is 2.83. The molecule has 2 aliphatic heterocycles. The number of fused-ring (bicyclic) bond motifs is 1. The first kappa shape index (κ1) is 12.3. The summed E-state index contributed by atoms with van der Waals surface area (Å²) in [5.41, 5.74) is -0.399. The van der Waals surface area contributed by atoms with E-state index >= 15 is 0 Å². The second-order valence-corrected chi connectivity index (χ2v) is 7.19. The number of thioether (sulfide) groups is 1. The number of nitrogens with one attached hydrogen (secondary N) is 1. The van der Waals surface area contributed by atoms with Crippen LogP contribution in [-0.2, 0) is 9.59 Å². The topological polar surface area (TPSA) is 69.6 Å². The maximum Gasteiger partial charge on any atom is 0.244 e. The lowest BCUT2D eigenvalue weighted by Crippen LogP contribution is -2.53. The average molecular weight is 270 g/mol. The summed E-state index contributed by atoms with van der Waals surface area (Å²) in [6, 6.07) is -0.362. The van der Waals surface area contributed by atoms with Gasteiger partial charge < -0.3 is 15.3 Å². The molecule has 2 amide bonds. The summed E-state index contributed by atoms with van der Waals surface area (Å²) in [6.07, 6.45) is 3.03. The van der Waals surface area contributed by atoms with E-state index in [0.29, 0.717) is 12.2 Å². The quantitative estimate of drug-likeness (QED) is 0.762. The largest absolute Gasteiger partial charge is 0.394 e. The molecular weight excluding hydrogens is 252 g/mol. The van der Waals surface area contributed by atoms with Gasteiger partial charge in [-0.15, -0.1) is 11.8 Å². The van der Waals surface area contributed by atoms with Crippen LogP contribution in [0.25, 0.3) is 0 Å². The molecule has 6 heteroatoms. The van der Waals surface area contributed by atoms with Gasteiger partial charge >= 0.3 is 0 Å². The highest BCUT2D eigenvalue weighted by Gasteiger charge is 2.54.